The predicted octanol–water partition coefficient (Wildman–Crippen LogP) is 2.90. The third-order valence-electron chi connectivity index (χ3n) is 2.43. The number of hydrogen-bond donors (Lipinski definition) is 1. The van der Waals surface area contributed by atoms with E-state index in [1.807, 2.05) is 30.3 Å². The molecule has 14 heavy (non-hydrogen) atoms. The lowest BCUT2D eigenvalue weighted by Crippen LogP contribution is -2.11. The van der Waals surface area contributed by atoms with Crippen LogP contribution in [0.3, 0.4) is 0 Å². The van der Waals surface area contributed by atoms with Crippen molar-refractivity contribution in [2.45, 2.75) is 26.2 Å². The van der Waals surface area contributed by atoms with E-state index < -0.39 is 5.97 Å². The highest BCUT2D eigenvalue weighted by Gasteiger charge is 2.18. The molecule has 2 heteroatoms. The Bertz CT molecular complexity index is 290. The molecular formula is C12H16O2. The molecule has 0 unspecified atom stereocenters. The van der Waals surface area contributed by atoms with E-state index in [0.29, 0.717) is 5.92 Å². The summed E-state index contributed by atoms with van der Waals surface area (Å²) in [6, 6.07) is 9.84. The molecule has 1 rings (SSSR count). The molecule has 1 N–H and O–H groups in total. The summed E-state index contributed by atoms with van der Waals surface area (Å²) in [6.45, 7) is 4.11. The summed E-state index contributed by atoms with van der Waals surface area (Å²) in [5.41, 5.74) is 1.12. The van der Waals surface area contributed by atoms with Crippen LogP contribution in [0.25, 0.3) is 0 Å². The molecule has 1 atom stereocenters. The second-order valence-electron chi connectivity index (χ2n) is 3.86. The zero-order valence-electron chi connectivity index (χ0n) is 8.60. The molecule has 0 aliphatic rings. The van der Waals surface area contributed by atoms with Gasteiger partial charge in [-0.15, -0.1) is 0 Å². The summed E-state index contributed by atoms with van der Waals surface area (Å²) in [7, 11) is 0. The molecule has 0 saturated carbocycles. The van der Waals surface area contributed by atoms with Crippen LogP contribution in [0, 0.1) is 5.92 Å². The van der Waals surface area contributed by atoms with E-state index in [2.05, 4.69) is 13.8 Å². The predicted molar refractivity (Wildman–Crippen MR) is 56.3 cm³/mol. The van der Waals surface area contributed by atoms with Crippen molar-refractivity contribution in [3.05, 3.63) is 35.9 Å². The fourth-order valence-corrected chi connectivity index (χ4v) is 1.63. The van der Waals surface area contributed by atoms with E-state index in [0.717, 1.165) is 5.56 Å². The van der Waals surface area contributed by atoms with Gasteiger partial charge in [0, 0.05) is 0 Å². The average Bonchev–Trinajstić information content (AvgIpc) is 2.15. The smallest absolute Gasteiger partial charge is 0.303 e. The lowest BCUT2D eigenvalue weighted by molar-refractivity contribution is -0.137. The molecule has 0 heterocycles. The largest absolute Gasteiger partial charge is 0.481 e. The Kier molecular flexibility index (Phi) is 3.69. The maximum absolute atomic E-state index is 10.7. The van der Waals surface area contributed by atoms with Crippen molar-refractivity contribution in [3.63, 3.8) is 0 Å². The zero-order valence-corrected chi connectivity index (χ0v) is 8.60. The molecule has 0 aromatic heterocycles. The molecule has 0 aliphatic carbocycles. The molecule has 0 amide bonds. The van der Waals surface area contributed by atoms with Crippen LogP contribution in [0.2, 0.25) is 0 Å². The summed E-state index contributed by atoms with van der Waals surface area (Å²) in [4.78, 5) is 10.7. The van der Waals surface area contributed by atoms with Gasteiger partial charge in [-0.05, 0) is 17.4 Å². The first-order valence-corrected chi connectivity index (χ1v) is 4.88. The molecule has 0 radical (unpaired) electrons. The highest BCUT2D eigenvalue weighted by molar-refractivity contribution is 5.68. The normalized spacial score (nSPS) is 12.8. The Labute approximate surface area is 84.6 Å². The summed E-state index contributed by atoms with van der Waals surface area (Å²) < 4.78 is 0. The van der Waals surface area contributed by atoms with Gasteiger partial charge in [0.15, 0.2) is 0 Å². The number of aliphatic carboxylic acids is 1. The Balaban J connectivity index is 2.83. The number of rotatable bonds is 4. The van der Waals surface area contributed by atoms with Crippen LogP contribution in [0.4, 0.5) is 0 Å². The molecular weight excluding hydrogens is 176 g/mol. The lowest BCUT2D eigenvalue weighted by Gasteiger charge is -2.19. The summed E-state index contributed by atoms with van der Waals surface area (Å²) in [5, 5.41) is 8.79. The van der Waals surface area contributed by atoms with Gasteiger partial charge in [0.1, 0.15) is 0 Å². The lowest BCUT2D eigenvalue weighted by atomic mass is 9.86. The molecule has 76 valence electrons. The molecule has 1 aromatic carbocycles. The maximum atomic E-state index is 10.7. The highest BCUT2D eigenvalue weighted by atomic mass is 16.4. The van der Waals surface area contributed by atoms with Crippen LogP contribution in [0.1, 0.15) is 31.7 Å². The van der Waals surface area contributed by atoms with E-state index in [-0.39, 0.29) is 12.3 Å². The SMILES string of the molecule is CC(C)[C@H](CC(=O)O)c1ccccc1. The first kappa shape index (κ1) is 10.8. The molecule has 0 saturated heterocycles. The third kappa shape index (κ3) is 2.87. The van der Waals surface area contributed by atoms with E-state index in [1.54, 1.807) is 0 Å². The minimum Gasteiger partial charge on any atom is -0.481 e. The van der Waals surface area contributed by atoms with E-state index >= 15 is 0 Å². The first-order chi connectivity index (χ1) is 6.61. The standard InChI is InChI=1S/C12H16O2/c1-9(2)11(8-12(13)14)10-6-4-3-5-7-10/h3-7,9,11H,8H2,1-2H3,(H,13,14)/t11-/m0/s1. The molecule has 1 aromatic rings. The van der Waals surface area contributed by atoms with Gasteiger partial charge < -0.3 is 5.11 Å². The Morgan fingerprint density at radius 3 is 2.29 bits per heavy atom. The molecule has 0 spiro atoms. The van der Waals surface area contributed by atoms with E-state index in [4.69, 9.17) is 5.11 Å². The molecule has 2 nitrogen and oxygen atoms in total. The quantitative estimate of drug-likeness (QED) is 0.796. The van der Waals surface area contributed by atoms with Gasteiger partial charge in [0.05, 0.1) is 6.42 Å². The molecule has 0 aliphatic heterocycles. The average molecular weight is 192 g/mol. The fourth-order valence-electron chi connectivity index (χ4n) is 1.63. The van der Waals surface area contributed by atoms with Gasteiger partial charge in [-0.2, -0.15) is 0 Å². The van der Waals surface area contributed by atoms with Gasteiger partial charge in [0.2, 0.25) is 0 Å². The van der Waals surface area contributed by atoms with Crippen molar-refractivity contribution in [1.82, 2.24) is 0 Å². The van der Waals surface area contributed by atoms with Crippen LogP contribution < -0.4 is 0 Å². The maximum Gasteiger partial charge on any atom is 0.303 e. The van der Waals surface area contributed by atoms with Crippen LogP contribution in [0.5, 0.6) is 0 Å². The van der Waals surface area contributed by atoms with E-state index in [9.17, 15) is 4.79 Å². The minimum absolute atomic E-state index is 0.119. The number of benzene rings is 1. The molecule has 0 fully saturated rings. The van der Waals surface area contributed by atoms with Crippen molar-refractivity contribution >= 4 is 5.97 Å². The topological polar surface area (TPSA) is 37.3 Å². The zero-order chi connectivity index (χ0) is 10.6. The van der Waals surface area contributed by atoms with Gasteiger partial charge in [-0.3, -0.25) is 4.79 Å². The van der Waals surface area contributed by atoms with Crippen molar-refractivity contribution in [2.24, 2.45) is 5.92 Å². The van der Waals surface area contributed by atoms with Crippen LogP contribution in [-0.2, 0) is 4.79 Å². The monoisotopic (exact) mass is 192 g/mol. The fraction of sp³-hybridized carbons (Fsp3) is 0.417. The third-order valence-corrected chi connectivity index (χ3v) is 2.43. The van der Waals surface area contributed by atoms with Crippen LogP contribution in [-0.4, -0.2) is 11.1 Å². The van der Waals surface area contributed by atoms with Crippen molar-refractivity contribution in [1.29, 1.82) is 0 Å². The highest BCUT2D eigenvalue weighted by Crippen LogP contribution is 2.27. The van der Waals surface area contributed by atoms with Gasteiger partial charge in [0.25, 0.3) is 0 Å². The van der Waals surface area contributed by atoms with Gasteiger partial charge in [-0.25, -0.2) is 0 Å². The summed E-state index contributed by atoms with van der Waals surface area (Å²) in [5.74, 6) is -0.255. The van der Waals surface area contributed by atoms with Gasteiger partial charge in [-0.1, -0.05) is 44.2 Å². The van der Waals surface area contributed by atoms with Crippen molar-refractivity contribution in [3.8, 4) is 0 Å². The Morgan fingerprint density at radius 1 is 1.29 bits per heavy atom. The van der Waals surface area contributed by atoms with Crippen molar-refractivity contribution in [2.75, 3.05) is 0 Å². The van der Waals surface area contributed by atoms with Crippen LogP contribution in [0.15, 0.2) is 30.3 Å². The number of carboxylic acids is 1. The molecule has 0 bridgehead atoms. The van der Waals surface area contributed by atoms with E-state index in [1.165, 1.54) is 0 Å². The second-order valence-corrected chi connectivity index (χ2v) is 3.86. The summed E-state index contributed by atoms with van der Waals surface area (Å²) >= 11 is 0. The Hall–Kier alpha value is -1.31. The second kappa shape index (κ2) is 4.80. The first-order valence-electron chi connectivity index (χ1n) is 4.88. The summed E-state index contributed by atoms with van der Waals surface area (Å²) in [6.07, 6.45) is 0.210. The number of hydrogen-bond acceptors (Lipinski definition) is 1. The Morgan fingerprint density at radius 2 is 1.86 bits per heavy atom. The minimum atomic E-state index is -0.729. The number of carbonyl (C=O) groups is 1. The van der Waals surface area contributed by atoms with Crippen molar-refractivity contribution < 1.29 is 9.90 Å². The van der Waals surface area contributed by atoms with Gasteiger partial charge >= 0.3 is 5.97 Å². The van der Waals surface area contributed by atoms with Crippen LogP contribution >= 0.6 is 0 Å². The number of carboxylic acid groups (broad SMARTS) is 1.